The van der Waals surface area contributed by atoms with E-state index in [4.69, 9.17) is 4.74 Å². The molecule has 1 aliphatic heterocycles. The van der Waals surface area contributed by atoms with E-state index in [0.29, 0.717) is 32.6 Å². The fourth-order valence-electron chi connectivity index (χ4n) is 2.25. The van der Waals surface area contributed by atoms with Crippen LogP contribution in [0.4, 0.5) is 0 Å². The van der Waals surface area contributed by atoms with Crippen molar-refractivity contribution in [2.24, 2.45) is 5.41 Å². The van der Waals surface area contributed by atoms with Crippen LogP contribution < -0.4 is 4.72 Å². The van der Waals surface area contributed by atoms with E-state index in [9.17, 15) is 8.42 Å². The maximum atomic E-state index is 12.1. The molecular weight excluding hydrogens is 306 g/mol. The molecule has 1 heterocycles. The molecule has 2 fully saturated rings. The van der Waals surface area contributed by atoms with E-state index in [1.807, 2.05) is 0 Å². The van der Waals surface area contributed by atoms with Crippen molar-refractivity contribution < 1.29 is 13.2 Å². The predicted molar refractivity (Wildman–Crippen MR) is 70.8 cm³/mol. The monoisotopic (exact) mass is 325 g/mol. The van der Waals surface area contributed by atoms with Crippen LogP contribution in [0.2, 0.25) is 0 Å². The Morgan fingerprint density at radius 1 is 1.29 bits per heavy atom. The molecule has 0 bridgehead atoms. The molecule has 6 heteroatoms. The number of ether oxygens (including phenoxy) is 1. The highest BCUT2D eigenvalue weighted by atomic mass is 79.9. The largest absolute Gasteiger partial charge is 0.381 e. The number of hydrogen-bond acceptors (Lipinski definition) is 3. The molecule has 1 aliphatic carbocycles. The first-order chi connectivity index (χ1) is 8.08. The molecule has 17 heavy (non-hydrogen) atoms. The van der Waals surface area contributed by atoms with E-state index in [1.165, 1.54) is 0 Å². The van der Waals surface area contributed by atoms with E-state index in [1.54, 1.807) is 0 Å². The van der Waals surface area contributed by atoms with E-state index in [0.717, 1.165) is 24.6 Å². The minimum atomic E-state index is -3.14. The first kappa shape index (κ1) is 13.8. The fourth-order valence-corrected chi connectivity index (χ4v) is 4.65. The lowest BCUT2D eigenvalue weighted by molar-refractivity contribution is 0.0981. The second kappa shape index (κ2) is 5.55. The van der Waals surface area contributed by atoms with Gasteiger partial charge >= 0.3 is 0 Å². The molecule has 1 saturated heterocycles. The van der Waals surface area contributed by atoms with Gasteiger partial charge in [-0.1, -0.05) is 15.9 Å². The zero-order chi connectivity index (χ0) is 12.4. The van der Waals surface area contributed by atoms with Crippen molar-refractivity contribution in [3.05, 3.63) is 0 Å². The first-order valence-corrected chi connectivity index (χ1v) is 8.87. The van der Waals surface area contributed by atoms with Gasteiger partial charge in [-0.25, -0.2) is 13.1 Å². The minimum absolute atomic E-state index is 0.238. The smallest absolute Gasteiger partial charge is 0.214 e. The van der Waals surface area contributed by atoms with Gasteiger partial charge in [0.25, 0.3) is 0 Å². The Morgan fingerprint density at radius 2 is 1.94 bits per heavy atom. The SMILES string of the molecule is O=S(=O)(NCC1(CCBr)CC1)C1CCOCC1. The molecule has 0 amide bonds. The molecule has 1 N–H and O–H groups in total. The number of rotatable bonds is 6. The van der Waals surface area contributed by atoms with Crippen molar-refractivity contribution in [3.63, 3.8) is 0 Å². The van der Waals surface area contributed by atoms with Crippen molar-refractivity contribution in [2.45, 2.75) is 37.4 Å². The molecule has 100 valence electrons. The third-order valence-electron chi connectivity index (χ3n) is 3.84. The summed E-state index contributed by atoms with van der Waals surface area (Å²) < 4.78 is 32.2. The highest BCUT2D eigenvalue weighted by Gasteiger charge is 2.42. The van der Waals surface area contributed by atoms with E-state index < -0.39 is 10.0 Å². The summed E-state index contributed by atoms with van der Waals surface area (Å²) in [5.41, 5.74) is 0.238. The Kier molecular flexibility index (Phi) is 4.50. The van der Waals surface area contributed by atoms with Crippen LogP contribution in [0.3, 0.4) is 0 Å². The number of halogens is 1. The van der Waals surface area contributed by atoms with E-state index >= 15 is 0 Å². The van der Waals surface area contributed by atoms with Crippen LogP contribution in [-0.4, -0.2) is 38.8 Å². The topological polar surface area (TPSA) is 55.4 Å². The summed E-state index contributed by atoms with van der Waals surface area (Å²) in [5, 5.41) is 0.697. The molecule has 1 saturated carbocycles. The highest BCUT2D eigenvalue weighted by Crippen LogP contribution is 2.48. The predicted octanol–water partition coefficient (Wildman–Crippen LogP) is 1.65. The van der Waals surface area contributed by atoms with Crippen LogP contribution in [0.25, 0.3) is 0 Å². The third-order valence-corrected chi connectivity index (χ3v) is 6.13. The standard InChI is InChI=1S/C11H20BrNO3S/c12-6-5-11(3-4-11)9-13-17(14,15)10-1-7-16-8-2-10/h10,13H,1-9H2. The minimum Gasteiger partial charge on any atom is -0.381 e. The van der Waals surface area contributed by atoms with Crippen LogP contribution in [0.15, 0.2) is 0 Å². The molecule has 2 rings (SSSR count). The average molecular weight is 326 g/mol. The van der Waals surface area contributed by atoms with Gasteiger partial charge in [-0.15, -0.1) is 0 Å². The van der Waals surface area contributed by atoms with Crippen LogP contribution in [0, 0.1) is 5.41 Å². The molecule has 2 aliphatic rings. The lowest BCUT2D eigenvalue weighted by Crippen LogP contribution is -2.40. The molecule has 0 aromatic rings. The molecule has 0 atom stereocenters. The third kappa shape index (κ3) is 3.66. The number of sulfonamides is 1. The van der Waals surface area contributed by atoms with Gasteiger partial charge < -0.3 is 4.74 Å². The molecule has 4 nitrogen and oxygen atoms in total. The lowest BCUT2D eigenvalue weighted by Gasteiger charge is -2.24. The van der Waals surface area contributed by atoms with Gasteiger partial charge in [0, 0.05) is 25.1 Å². The Balaban J connectivity index is 1.84. The number of hydrogen-bond donors (Lipinski definition) is 1. The van der Waals surface area contributed by atoms with Gasteiger partial charge in [0.15, 0.2) is 0 Å². The maximum absolute atomic E-state index is 12.1. The zero-order valence-corrected chi connectivity index (χ0v) is 12.4. The Hall–Kier alpha value is 0.350. The Morgan fingerprint density at radius 3 is 2.47 bits per heavy atom. The van der Waals surface area contributed by atoms with Gasteiger partial charge in [0.05, 0.1) is 5.25 Å². The summed E-state index contributed by atoms with van der Waals surface area (Å²) in [5.74, 6) is 0. The van der Waals surface area contributed by atoms with Gasteiger partial charge in [0.1, 0.15) is 0 Å². The molecule has 0 radical (unpaired) electrons. The van der Waals surface area contributed by atoms with Crippen molar-refractivity contribution in [3.8, 4) is 0 Å². The van der Waals surface area contributed by atoms with Crippen LogP contribution >= 0.6 is 15.9 Å². The van der Waals surface area contributed by atoms with Crippen molar-refractivity contribution in [1.82, 2.24) is 4.72 Å². The highest BCUT2D eigenvalue weighted by molar-refractivity contribution is 9.09. The summed E-state index contributed by atoms with van der Waals surface area (Å²) in [6.45, 7) is 1.74. The fraction of sp³-hybridized carbons (Fsp3) is 1.00. The second-order valence-electron chi connectivity index (χ2n) is 5.12. The van der Waals surface area contributed by atoms with Crippen molar-refractivity contribution in [1.29, 1.82) is 0 Å². The summed E-state index contributed by atoms with van der Waals surface area (Å²) in [6.07, 6.45) is 4.61. The van der Waals surface area contributed by atoms with E-state index in [2.05, 4.69) is 20.7 Å². The second-order valence-corrected chi connectivity index (χ2v) is 7.96. The zero-order valence-electron chi connectivity index (χ0n) is 9.95. The lowest BCUT2D eigenvalue weighted by atomic mass is 10.1. The maximum Gasteiger partial charge on any atom is 0.214 e. The van der Waals surface area contributed by atoms with Gasteiger partial charge in [-0.2, -0.15) is 0 Å². The molecule has 0 aromatic carbocycles. The summed E-state index contributed by atoms with van der Waals surface area (Å²) in [4.78, 5) is 0. The van der Waals surface area contributed by atoms with Crippen molar-refractivity contribution in [2.75, 3.05) is 25.1 Å². The number of nitrogens with one attached hydrogen (secondary N) is 1. The van der Waals surface area contributed by atoms with Crippen LogP contribution in [-0.2, 0) is 14.8 Å². The first-order valence-electron chi connectivity index (χ1n) is 6.20. The summed E-state index contributed by atoms with van der Waals surface area (Å²) >= 11 is 3.43. The van der Waals surface area contributed by atoms with Gasteiger partial charge in [-0.05, 0) is 37.5 Å². The molecular formula is C11H20BrNO3S. The molecule has 0 aromatic heterocycles. The number of alkyl halides is 1. The summed E-state index contributed by atoms with van der Waals surface area (Å²) in [6, 6.07) is 0. The normalized spacial score (nSPS) is 24.8. The summed E-state index contributed by atoms with van der Waals surface area (Å²) in [7, 11) is -3.14. The Labute approximate surface area is 112 Å². The quantitative estimate of drug-likeness (QED) is 0.755. The Bertz CT molecular complexity index is 348. The molecule has 0 unspecified atom stereocenters. The van der Waals surface area contributed by atoms with Crippen molar-refractivity contribution >= 4 is 26.0 Å². The average Bonchev–Trinajstić information content (AvgIpc) is 3.09. The van der Waals surface area contributed by atoms with Gasteiger partial charge in [-0.3, -0.25) is 0 Å². The van der Waals surface area contributed by atoms with Crippen LogP contribution in [0.5, 0.6) is 0 Å². The van der Waals surface area contributed by atoms with E-state index in [-0.39, 0.29) is 10.7 Å². The van der Waals surface area contributed by atoms with Gasteiger partial charge in [0.2, 0.25) is 10.0 Å². The van der Waals surface area contributed by atoms with Crippen LogP contribution in [0.1, 0.15) is 32.1 Å². The molecule has 0 spiro atoms.